The predicted octanol–water partition coefficient (Wildman–Crippen LogP) is 1.63. The maximum Gasteiger partial charge on any atom is 0.338 e. The van der Waals surface area contributed by atoms with E-state index in [0.717, 1.165) is 11.8 Å². The Bertz CT molecular complexity index is 616. The fraction of sp³-hybridized carbons (Fsp3) is 0.250. The summed E-state index contributed by atoms with van der Waals surface area (Å²) < 4.78 is 1.70. The molecule has 2 aromatic heterocycles. The number of hydrogen-bond donors (Lipinski definition) is 0. The van der Waals surface area contributed by atoms with Crippen LogP contribution in [-0.4, -0.2) is 29.7 Å². The minimum atomic E-state index is -0.617. The Labute approximate surface area is 111 Å². The van der Waals surface area contributed by atoms with E-state index in [9.17, 15) is 10.1 Å². The lowest BCUT2D eigenvalue weighted by Gasteiger charge is -2.02. The zero-order chi connectivity index (χ0) is 13.3. The third-order valence-electron chi connectivity index (χ3n) is 2.17. The van der Waals surface area contributed by atoms with Crippen LogP contribution in [0.2, 0.25) is 5.15 Å². The molecule has 0 atom stereocenters. The monoisotopic (exact) mass is 286 g/mol. The van der Waals surface area contributed by atoms with Crippen molar-refractivity contribution in [1.29, 1.82) is 0 Å². The maximum atomic E-state index is 10.9. The van der Waals surface area contributed by atoms with Crippen LogP contribution < -0.4 is 0 Å². The first-order valence-electron chi connectivity index (χ1n) is 4.69. The topological polar surface area (TPSA) is 99.6 Å². The van der Waals surface area contributed by atoms with Crippen molar-refractivity contribution in [2.75, 3.05) is 0 Å². The van der Waals surface area contributed by atoms with E-state index >= 15 is 0 Å². The second kappa shape index (κ2) is 4.86. The van der Waals surface area contributed by atoms with Gasteiger partial charge in [0.05, 0.1) is 4.92 Å². The highest BCUT2D eigenvalue weighted by Crippen LogP contribution is 2.35. The number of nitro groups is 1. The first kappa shape index (κ1) is 12.7. The van der Waals surface area contributed by atoms with Crippen LogP contribution in [0.15, 0.2) is 16.5 Å². The number of aryl methyl sites for hydroxylation is 1. The molecule has 0 bridgehead atoms. The lowest BCUT2D eigenvalue weighted by atomic mass is 10.5. The van der Waals surface area contributed by atoms with Gasteiger partial charge >= 0.3 is 5.69 Å². The molecule has 2 aromatic rings. The van der Waals surface area contributed by atoms with E-state index in [1.54, 1.807) is 18.5 Å². The summed E-state index contributed by atoms with van der Waals surface area (Å²) in [6.07, 6.45) is 1.17. The molecule has 2 heterocycles. The first-order valence-corrected chi connectivity index (χ1v) is 5.89. The molecular weight excluding hydrogens is 280 g/mol. The first-order chi connectivity index (χ1) is 8.50. The minimum Gasteiger partial charge on any atom is -0.309 e. The summed E-state index contributed by atoms with van der Waals surface area (Å²) >= 11 is 6.70. The molecule has 0 radical (unpaired) electrons. The summed E-state index contributed by atoms with van der Waals surface area (Å²) in [6, 6.07) is 0. The van der Waals surface area contributed by atoms with Crippen molar-refractivity contribution >= 4 is 29.1 Å². The third-order valence-corrected chi connectivity index (χ3v) is 3.47. The van der Waals surface area contributed by atoms with Crippen molar-refractivity contribution in [3.63, 3.8) is 0 Å². The SMILES string of the molecule is Cc1nnc(Sc2ncnc(Cl)c2[N+](=O)[O-])n1C. The second-order valence-electron chi connectivity index (χ2n) is 3.27. The van der Waals surface area contributed by atoms with E-state index in [0.29, 0.717) is 11.0 Å². The Morgan fingerprint density at radius 3 is 2.72 bits per heavy atom. The molecule has 0 unspecified atom stereocenters. The molecule has 94 valence electrons. The zero-order valence-corrected chi connectivity index (χ0v) is 10.9. The fourth-order valence-corrected chi connectivity index (χ4v) is 2.28. The maximum absolute atomic E-state index is 10.9. The summed E-state index contributed by atoms with van der Waals surface area (Å²) in [5.41, 5.74) is -0.329. The molecule has 10 heteroatoms. The number of hydrogen-bond acceptors (Lipinski definition) is 7. The van der Waals surface area contributed by atoms with Gasteiger partial charge in [-0.05, 0) is 18.7 Å². The average molecular weight is 287 g/mol. The van der Waals surface area contributed by atoms with Crippen molar-refractivity contribution in [3.8, 4) is 0 Å². The van der Waals surface area contributed by atoms with Gasteiger partial charge in [0.1, 0.15) is 12.2 Å². The van der Waals surface area contributed by atoms with Crippen LogP contribution in [0.25, 0.3) is 0 Å². The Hall–Kier alpha value is -1.74. The van der Waals surface area contributed by atoms with Crippen LogP contribution in [0.1, 0.15) is 5.82 Å². The van der Waals surface area contributed by atoms with Gasteiger partial charge < -0.3 is 4.57 Å². The number of nitrogens with zero attached hydrogens (tertiary/aromatic N) is 6. The highest BCUT2D eigenvalue weighted by atomic mass is 35.5. The summed E-state index contributed by atoms with van der Waals surface area (Å²) in [5, 5.41) is 19.1. The third kappa shape index (κ3) is 2.27. The lowest BCUT2D eigenvalue weighted by molar-refractivity contribution is -0.388. The molecule has 8 nitrogen and oxygen atoms in total. The molecule has 18 heavy (non-hydrogen) atoms. The summed E-state index contributed by atoms with van der Waals surface area (Å²) in [6.45, 7) is 1.78. The van der Waals surface area contributed by atoms with E-state index in [4.69, 9.17) is 11.6 Å². The second-order valence-corrected chi connectivity index (χ2v) is 4.58. The van der Waals surface area contributed by atoms with Crippen LogP contribution in [0, 0.1) is 17.0 Å². The van der Waals surface area contributed by atoms with Crippen molar-refractivity contribution in [2.45, 2.75) is 17.1 Å². The average Bonchev–Trinajstić information content (AvgIpc) is 2.60. The predicted molar refractivity (Wildman–Crippen MR) is 63.6 cm³/mol. The van der Waals surface area contributed by atoms with Crippen molar-refractivity contribution in [3.05, 3.63) is 27.4 Å². The molecular formula is C8H7ClN6O2S. The number of aromatic nitrogens is 5. The molecule has 0 saturated carbocycles. The molecule has 0 N–H and O–H groups in total. The minimum absolute atomic E-state index is 0.135. The number of halogens is 1. The summed E-state index contributed by atoms with van der Waals surface area (Å²) in [7, 11) is 1.76. The molecule has 0 amide bonds. The van der Waals surface area contributed by atoms with E-state index in [-0.39, 0.29) is 15.9 Å². The number of rotatable bonds is 3. The smallest absolute Gasteiger partial charge is 0.309 e. The van der Waals surface area contributed by atoms with Crippen LogP contribution in [0.3, 0.4) is 0 Å². The van der Waals surface area contributed by atoms with Gasteiger partial charge in [0.15, 0.2) is 10.2 Å². The highest BCUT2D eigenvalue weighted by Gasteiger charge is 2.23. The van der Waals surface area contributed by atoms with Crippen molar-refractivity contribution in [1.82, 2.24) is 24.7 Å². The summed E-state index contributed by atoms with van der Waals surface area (Å²) in [4.78, 5) is 17.7. The Balaban J connectivity index is 2.44. The van der Waals surface area contributed by atoms with Crippen molar-refractivity contribution < 1.29 is 4.92 Å². The summed E-state index contributed by atoms with van der Waals surface area (Å²) in [5.74, 6) is 0.695. The van der Waals surface area contributed by atoms with Crippen LogP contribution >= 0.6 is 23.4 Å². The normalized spacial score (nSPS) is 10.6. The van der Waals surface area contributed by atoms with E-state index in [1.807, 2.05) is 0 Å². The molecule has 0 aliphatic rings. The van der Waals surface area contributed by atoms with Crippen LogP contribution in [-0.2, 0) is 7.05 Å². The fourth-order valence-electron chi connectivity index (χ4n) is 1.13. The van der Waals surface area contributed by atoms with Crippen molar-refractivity contribution in [2.24, 2.45) is 7.05 Å². The molecule has 0 aliphatic carbocycles. The highest BCUT2D eigenvalue weighted by molar-refractivity contribution is 7.99. The Morgan fingerprint density at radius 1 is 1.44 bits per heavy atom. The Kier molecular flexibility index (Phi) is 3.43. The van der Waals surface area contributed by atoms with Gasteiger partial charge in [-0.15, -0.1) is 10.2 Å². The van der Waals surface area contributed by atoms with Gasteiger partial charge in [0, 0.05) is 7.05 Å². The van der Waals surface area contributed by atoms with Gasteiger partial charge in [-0.2, -0.15) is 0 Å². The molecule has 0 spiro atoms. The zero-order valence-electron chi connectivity index (χ0n) is 9.36. The quantitative estimate of drug-likeness (QED) is 0.480. The van der Waals surface area contributed by atoms with Crippen LogP contribution in [0.4, 0.5) is 5.69 Å². The molecule has 0 fully saturated rings. The standard InChI is InChI=1S/C8H7ClN6O2S/c1-4-12-13-8(14(4)2)18-7-5(15(16)17)6(9)10-3-11-7/h3H,1-2H3. The molecule has 2 rings (SSSR count). The van der Waals surface area contributed by atoms with E-state index in [2.05, 4.69) is 20.2 Å². The van der Waals surface area contributed by atoms with Gasteiger partial charge in [-0.1, -0.05) is 11.6 Å². The molecule has 0 aromatic carbocycles. The van der Waals surface area contributed by atoms with Gasteiger partial charge in [-0.25, -0.2) is 9.97 Å². The molecule has 0 aliphatic heterocycles. The van der Waals surface area contributed by atoms with Gasteiger partial charge in [-0.3, -0.25) is 10.1 Å². The van der Waals surface area contributed by atoms with Gasteiger partial charge in [0.2, 0.25) is 5.15 Å². The lowest BCUT2D eigenvalue weighted by Crippen LogP contribution is -1.98. The van der Waals surface area contributed by atoms with E-state index < -0.39 is 4.92 Å². The molecule has 0 saturated heterocycles. The largest absolute Gasteiger partial charge is 0.338 e. The van der Waals surface area contributed by atoms with Crippen LogP contribution in [0.5, 0.6) is 0 Å². The Morgan fingerprint density at radius 2 is 2.17 bits per heavy atom. The van der Waals surface area contributed by atoms with Gasteiger partial charge in [0.25, 0.3) is 0 Å². The van der Waals surface area contributed by atoms with E-state index in [1.165, 1.54) is 6.33 Å².